The molecule has 3 aliphatic rings. The third-order valence-corrected chi connectivity index (χ3v) is 6.62. The molecular formula is C25H25N3O7. The van der Waals surface area contributed by atoms with E-state index in [0.29, 0.717) is 41.2 Å². The molecule has 182 valence electrons. The molecule has 0 aromatic heterocycles. The van der Waals surface area contributed by atoms with Gasteiger partial charge < -0.3 is 19.1 Å². The van der Waals surface area contributed by atoms with Gasteiger partial charge in [0.05, 0.1) is 49.5 Å². The fraction of sp³-hybridized carbons (Fsp3) is 0.360. The Morgan fingerprint density at radius 1 is 0.971 bits per heavy atom. The number of methoxy groups -OCH3 is 2. The SMILES string of the molecule is COc1cc(N2CCC(OC)CC2=O)ccc1N1CC(CN2C(=O)c3ccccc3C2=O)OC1=O. The highest BCUT2D eigenvalue weighted by Gasteiger charge is 2.41. The number of cyclic esters (lactones) is 1. The molecule has 2 atom stereocenters. The molecule has 2 saturated heterocycles. The van der Waals surface area contributed by atoms with Gasteiger partial charge in [-0.2, -0.15) is 0 Å². The van der Waals surface area contributed by atoms with Crippen LogP contribution in [0.5, 0.6) is 5.75 Å². The fourth-order valence-corrected chi connectivity index (χ4v) is 4.76. The van der Waals surface area contributed by atoms with Crippen molar-refractivity contribution in [1.82, 2.24) is 4.90 Å². The number of nitrogens with zero attached hydrogens (tertiary/aromatic N) is 3. The van der Waals surface area contributed by atoms with Crippen LogP contribution in [0.15, 0.2) is 42.5 Å². The summed E-state index contributed by atoms with van der Waals surface area (Å²) in [6.07, 6.45) is -0.347. The highest BCUT2D eigenvalue weighted by Crippen LogP contribution is 2.36. The van der Waals surface area contributed by atoms with Crippen LogP contribution >= 0.6 is 0 Å². The van der Waals surface area contributed by atoms with Gasteiger partial charge in [0.25, 0.3) is 11.8 Å². The predicted molar refractivity (Wildman–Crippen MR) is 125 cm³/mol. The van der Waals surface area contributed by atoms with Gasteiger partial charge >= 0.3 is 6.09 Å². The summed E-state index contributed by atoms with van der Waals surface area (Å²) in [6, 6.07) is 11.8. The first-order chi connectivity index (χ1) is 16.9. The molecule has 10 heteroatoms. The largest absolute Gasteiger partial charge is 0.494 e. The van der Waals surface area contributed by atoms with E-state index < -0.39 is 24.0 Å². The van der Waals surface area contributed by atoms with Gasteiger partial charge in [0.2, 0.25) is 5.91 Å². The molecule has 0 N–H and O–H groups in total. The smallest absolute Gasteiger partial charge is 0.414 e. The van der Waals surface area contributed by atoms with E-state index >= 15 is 0 Å². The Morgan fingerprint density at radius 3 is 2.31 bits per heavy atom. The molecular weight excluding hydrogens is 454 g/mol. The van der Waals surface area contributed by atoms with E-state index in [-0.39, 0.29) is 25.1 Å². The lowest BCUT2D eigenvalue weighted by molar-refractivity contribution is -0.122. The Hall–Kier alpha value is -3.92. The minimum Gasteiger partial charge on any atom is -0.494 e. The average Bonchev–Trinajstić information content (AvgIpc) is 3.36. The fourth-order valence-electron chi connectivity index (χ4n) is 4.76. The Labute approximate surface area is 201 Å². The van der Waals surface area contributed by atoms with Crippen LogP contribution in [0, 0.1) is 0 Å². The number of piperidine rings is 1. The molecule has 0 aliphatic carbocycles. The molecule has 0 bridgehead atoms. The van der Waals surface area contributed by atoms with Gasteiger partial charge in [-0.05, 0) is 30.7 Å². The van der Waals surface area contributed by atoms with Crippen LogP contribution in [-0.2, 0) is 14.3 Å². The first kappa shape index (κ1) is 22.9. The second kappa shape index (κ2) is 9.03. The Morgan fingerprint density at radius 2 is 1.69 bits per heavy atom. The van der Waals surface area contributed by atoms with Crippen LogP contribution in [0.4, 0.5) is 16.2 Å². The average molecular weight is 479 g/mol. The Bertz CT molecular complexity index is 1180. The van der Waals surface area contributed by atoms with Crippen molar-refractivity contribution >= 4 is 35.2 Å². The maximum atomic E-state index is 12.7. The van der Waals surface area contributed by atoms with E-state index in [1.165, 1.54) is 12.0 Å². The van der Waals surface area contributed by atoms with E-state index in [1.54, 1.807) is 54.5 Å². The van der Waals surface area contributed by atoms with Crippen molar-refractivity contribution in [1.29, 1.82) is 0 Å². The molecule has 0 saturated carbocycles. The van der Waals surface area contributed by atoms with Crippen molar-refractivity contribution in [3.05, 3.63) is 53.6 Å². The van der Waals surface area contributed by atoms with E-state index in [1.807, 2.05) is 0 Å². The maximum Gasteiger partial charge on any atom is 0.414 e. The van der Waals surface area contributed by atoms with Gasteiger partial charge in [0, 0.05) is 25.4 Å². The van der Waals surface area contributed by atoms with Crippen molar-refractivity contribution in [2.45, 2.75) is 25.0 Å². The molecule has 4 amide bonds. The highest BCUT2D eigenvalue weighted by atomic mass is 16.6. The molecule has 0 spiro atoms. The Balaban J connectivity index is 1.31. The van der Waals surface area contributed by atoms with Gasteiger partial charge in [0.1, 0.15) is 11.9 Å². The van der Waals surface area contributed by atoms with Crippen LogP contribution in [-0.4, -0.2) is 74.8 Å². The first-order valence-corrected chi connectivity index (χ1v) is 11.4. The topological polar surface area (TPSA) is 106 Å². The molecule has 2 aromatic carbocycles. The van der Waals surface area contributed by atoms with E-state index in [2.05, 4.69) is 0 Å². The monoisotopic (exact) mass is 479 g/mol. The maximum absolute atomic E-state index is 12.7. The molecule has 2 unspecified atom stereocenters. The van der Waals surface area contributed by atoms with E-state index in [4.69, 9.17) is 14.2 Å². The van der Waals surface area contributed by atoms with Crippen molar-refractivity contribution in [2.24, 2.45) is 0 Å². The minimum absolute atomic E-state index is 0.0421. The second-order valence-corrected chi connectivity index (χ2v) is 8.63. The lowest BCUT2D eigenvalue weighted by Crippen LogP contribution is -2.41. The molecule has 0 radical (unpaired) electrons. The van der Waals surface area contributed by atoms with Crippen LogP contribution < -0.4 is 14.5 Å². The number of carbonyl (C=O) groups is 4. The summed E-state index contributed by atoms with van der Waals surface area (Å²) >= 11 is 0. The zero-order chi connectivity index (χ0) is 24.7. The first-order valence-electron chi connectivity index (χ1n) is 11.4. The number of rotatable bonds is 6. The minimum atomic E-state index is -0.691. The molecule has 10 nitrogen and oxygen atoms in total. The zero-order valence-electron chi connectivity index (χ0n) is 19.4. The number of carbonyl (C=O) groups excluding carboxylic acids is 4. The molecule has 5 rings (SSSR count). The van der Waals surface area contributed by atoms with Gasteiger partial charge in [-0.15, -0.1) is 0 Å². The Kier molecular flexibility index (Phi) is 5.89. The lowest BCUT2D eigenvalue weighted by atomic mass is 10.1. The quantitative estimate of drug-likeness (QED) is 0.586. The highest BCUT2D eigenvalue weighted by molar-refractivity contribution is 6.21. The van der Waals surface area contributed by atoms with Crippen LogP contribution in [0.2, 0.25) is 0 Å². The lowest BCUT2D eigenvalue weighted by Gasteiger charge is -2.31. The number of hydrogen-bond donors (Lipinski definition) is 0. The predicted octanol–water partition coefficient (Wildman–Crippen LogP) is 2.46. The van der Waals surface area contributed by atoms with Crippen LogP contribution in [0.3, 0.4) is 0 Å². The van der Waals surface area contributed by atoms with Gasteiger partial charge in [-0.3, -0.25) is 24.2 Å². The second-order valence-electron chi connectivity index (χ2n) is 8.63. The zero-order valence-corrected chi connectivity index (χ0v) is 19.4. The molecule has 2 aromatic rings. The number of imide groups is 1. The molecule has 3 aliphatic heterocycles. The van der Waals surface area contributed by atoms with Gasteiger partial charge in [0.15, 0.2) is 0 Å². The standard InChI is InChI=1S/C25H25N3O7/c1-33-16-9-10-26(22(29)12-16)15-7-8-20(21(11-15)34-2)27-13-17(35-25(27)32)14-28-23(30)18-5-3-4-6-19(18)24(28)31/h3-8,11,16-17H,9-10,12-14H2,1-2H3. The number of hydrogen-bond acceptors (Lipinski definition) is 7. The summed E-state index contributed by atoms with van der Waals surface area (Å²) in [5.41, 5.74) is 1.84. The molecule has 2 fully saturated rings. The summed E-state index contributed by atoms with van der Waals surface area (Å²) < 4.78 is 16.3. The van der Waals surface area contributed by atoms with E-state index in [9.17, 15) is 19.2 Å². The summed E-state index contributed by atoms with van der Waals surface area (Å²) in [5.74, 6) is -0.435. The van der Waals surface area contributed by atoms with E-state index in [0.717, 1.165) is 11.3 Å². The normalized spacial score (nSPS) is 22.1. The van der Waals surface area contributed by atoms with Crippen molar-refractivity contribution in [2.75, 3.05) is 43.7 Å². The van der Waals surface area contributed by atoms with Crippen LogP contribution in [0.25, 0.3) is 0 Å². The number of benzene rings is 2. The van der Waals surface area contributed by atoms with Crippen molar-refractivity contribution in [3.8, 4) is 5.75 Å². The summed E-state index contributed by atoms with van der Waals surface area (Å²) in [4.78, 5) is 54.8. The molecule has 3 heterocycles. The number of amides is 4. The summed E-state index contributed by atoms with van der Waals surface area (Å²) in [5, 5.41) is 0. The summed E-state index contributed by atoms with van der Waals surface area (Å²) in [6.45, 7) is 0.617. The van der Waals surface area contributed by atoms with Crippen molar-refractivity contribution in [3.63, 3.8) is 0 Å². The summed E-state index contributed by atoms with van der Waals surface area (Å²) in [7, 11) is 3.08. The van der Waals surface area contributed by atoms with Crippen LogP contribution in [0.1, 0.15) is 33.6 Å². The van der Waals surface area contributed by atoms with Gasteiger partial charge in [-0.1, -0.05) is 12.1 Å². The van der Waals surface area contributed by atoms with Gasteiger partial charge in [-0.25, -0.2) is 4.79 Å². The third kappa shape index (κ3) is 3.99. The van der Waals surface area contributed by atoms with Crippen molar-refractivity contribution < 1.29 is 33.4 Å². The molecule has 35 heavy (non-hydrogen) atoms. The number of fused-ring (bicyclic) bond motifs is 1. The number of ether oxygens (including phenoxy) is 3. The third-order valence-electron chi connectivity index (χ3n) is 6.62. The number of anilines is 2.